The molecular formula is C13H23NO4Si. The van der Waals surface area contributed by atoms with Crippen molar-refractivity contribution < 1.29 is 18.7 Å². The summed E-state index contributed by atoms with van der Waals surface area (Å²) in [4.78, 5) is 11.3. The van der Waals surface area contributed by atoms with E-state index < -0.39 is 20.2 Å². The van der Waals surface area contributed by atoms with E-state index in [-0.39, 0.29) is 11.1 Å². The maximum absolute atomic E-state index is 11.3. The van der Waals surface area contributed by atoms with Crippen LogP contribution in [0.5, 0.6) is 0 Å². The molecule has 0 aromatic carbocycles. The van der Waals surface area contributed by atoms with Gasteiger partial charge in [0.25, 0.3) is 5.79 Å². The maximum Gasteiger partial charge on any atom is 0.410 e. The molecule has 2 aliphatic rings. The predicted molar refractivity (Wildman–Crippen MR) is 74.4 cm³/mol. The Morgan fingerprint density at radius 2 is 2.16 bits per heavy atom. The van der Waals surface area contributed by atoms with Crippen molar-refractivity contribution in [1.29, 1.82) is 0 Å². The molecule has 1 N–H and O–H groups in total. The number of carbonyl (C=O) groups is 1. The summed E-state index contributed by atoms with van der Waals surface area (Å²) < 4.78 is 17.3. The summed E-state index contributed by atoms with van der Waals surface area (Å²) in [6.07, 6.45) is 3.07. The van der Waals surface area contributed by atoms with Crippen molar-refractivity contribution in [3.63, 3.8) is 0 Å². The highest BCUT2D eigenvalue weighted by atomic mass is 28.4. The summed E-state index contributed by atoms with van der Waals surface area (Å²) >= 11 is 0. The molecule has 1 spiro atoms. The molecule has 0 aliphatic carbocycles. The largest absolute Gasteiger partial charge is 0.412 e. The average molecular weight is 285 g/mol. The Morgan fingerprint density at radius 1 is 1.47 bits per heavy atom. The van der Waals surface area contributed by atoms with Gasteiger partial charge in [-0.15, -0.1) is 0 Å². The smallest absolute Gasteiger partial charge is 0.410 e. The SMILES string of the molecule is CC(C)(C)[Si](C)(C)O[C@H]1C=CCO[C@]12CNC(=O)O2. The lowest BCUT2D eigenvalue weighted by molar-refractivity contribution is -0.215. The Hall–Kier alpha value is -0.853. The molecule has 1 fully saturated rings. The Kier molecular flexibility index (Phi) is 3.53. The molecule has 0 bridgehead atoms. The Bertz CT molecular complexity index is 398. The first-order valence-corrected chi connectivity index (χ1v) is 9.52. The molecule has 2 rings (SSSR count). The first kappa shape index (κ1) is 14.6. The summed E-state index contributed by atoms with van der Waals surface area (Å²) in [5.74, 6) is -0.999. The zero-order valence-electron chi connectivity index (χ0n) is 12.3. The van der Waals surface area contributed by atoms with Gasteiger partial charge >= 0.3 is 6.09 Å². The van der Waals surface area contributed by atoms with Gasteiger partial charge in [-0.25, -0.2) is 4.79 Å². The van der Waals surface area contributed by atoms with E-state index >= 15 is 0 Å². The normalized spacial score (nSPS) is 31.4. The van der Waals surface area contributed by atoms with Crippen LogP contribution in [0.2, 0.25) is 18.1 Å². The number of hydrogen-bond acceptors (Lipinski definition) is 4. The van der Waals surface area contributed by atoms with Crippen molar-refractivity contribution >= 4 is 14.4 Å². The minimum atomic E-state index is -1.96. The van der Waals surface area contributed by atoms with Crippen LogP contribution in [0.25, 0.3) is 0 Å². The summed E-state index contributed by atoms with van der Waals surface area (Å²) in [6.45, 7) is 11.6. The van der Waals surface area contributed by atoms with Gasteiger partial charge in [-0.2, -0.15) is 0 Å². The molecule has 2 heterocycles. The number of amides is 1. The molecule has 108 valence electrons. The van der Waals surface area contributed by atoms with Crippen LogP contribution in [0.1, 0.15) is 20.8 Å². The second-order valence-electron chi connectivity index (χ2n) is 6.59. The van der Waals surface area contributed by atoms with Crippen molar-refractivity contribution in [3.8, 4) is 0 Å². The Labute approximate surface area is 115 Å². The van der Waals surface area contributed by atoms with Crippen LogP contribution in [0.15, 0.2) is 12.2 Å². The topological polar surface area (TPSA) is 56.8 Å². The molecule has 2 atom stereocenters. The minimum absolute atomic E-state index is 0.0928. The quantitative estimate of drug-likeness (QED) is 0.625. The highest BCUT2D eigenvalue weighted by Crippen LogP contribution is 2.40. The minimum Gasteiger partial charge on any atom is -0.412 e. The number of ether oxygens (including phenoxy) is 2. The van der Waals surface area contributed by atoms with Crippen molar-refractivity contribution in [3.05, 3.63) is 12.2 Å². The van der Waals surface area contributed by atoms with Crippen LogP contribution >= 0.6 is 0 Å². The molecule has 5 nitrogen and oxygen atoms in total. The highest BCUT2D eigenvalue weighted by molar-refractivity contribution is 6.74. The van der Waals surface area contributed by atoms with Gasteiger partial charge in [-0.1, -0.05) is 32.9 Å². The van der Waals surface area contributed by atoms with Crippen molar-refractivity contribution in [2.24, 2.45) is 0 Å². The van der Waals surface area contributed by atoms with E-state index in [2.05, 4.69) is 39.2 Å². The fraction of sp³-hybridized carbons (Fsp3) is 0.769. The van der Waals surface area contributed by atoms with Crippen LogP contribution in [0, 0.1) is 0 Å². The highest BCUT2D eigenvalue weighted by Gasteiger charge is 2.52. The zero-order chi connectivity index (χ0) is 14.3. The van der Waals surface area contributed by atoms with Crippen molar-refractivity contribution in [2.75, 3.05) is 13.2 Å². The van der Waals surface area contributed by atoms with Gasteiger partial charge in [0.1, 0.15) is 6.10 Å². The molecule has 1 amide bonds. The van der Waals surface area contributed by atoms with Crippen LogP contribution in [0.4, 0.5) is 4.79 Å². The van der Waals surface area contributed by atoms with Gasteiger partial charge in [0, 0.05) is 0 Å². The third kappa shape index (κ3) is 2.70. The number of nitrogens with one attached hydrogen (secondary N) is 1. The molecule has 1 saturated heterocycles. The number of hydrogen-bond donors (Lipinski definition) is 1. The molecule has 0 saturated carbocycles. The van der Waals surface area contributed by atoms with Gasteiger partial charge in [0.05, 0.1) is 13.2 Å². The lowest BCUT2D eigenvalue weighted by atomic mass is 10.1. The van der Waals surface area contributed by atoms with Gasteiger partial charge < -0.3 is 19.2 Å². The molecule has 2 aliphatic heterocycles. The lowest BCUT2D eigenvalue weighted by Gasteiger charge is -2.43. The van der Waals surface area contributed by atoms with E-state index in [1.807, 2.05) is 12.2 Å². The molecule has 0 aromatic heterocycles. The number of carbonyl (C=O) groups excluding carboxylic acids is 1. The van der Waals surface area contributed by atoms with E-state index in [1.165, 1.54) is 0 Å². The summed E-state index contributed by atoms with van der Waals surface area (Å²) in [5.41, 5.74) is 0. The lowest BCUT2D eigenvalue weighted by Crippen LogP contribution is -2.56. The van der Waals surface area contributed by atoms with Crippen LogP contribution in [0.3, 0.4) is 0 Å². The fourth-order valence-electron chi connectivity index (χ4n) is 1.88. The van der Waals surface area contributed by atoms with Gasteiger partial charge in [-0.05, 0) is 18.1 Å². The van der Waals surface area contributed by atoms with Crippen LogP contribution in [-0.4, -0.2) is 39.5 Å². The third-order valence-electron chi connectivity index (χ3n) is 4.14. The third-order valence-corrected chi connectivity index (χ3v) is 8.60. The second-order valence-corrected chi connectivity index (χ2v) is 11.3. The summed E-state index contributed by atoms with van der Waals surface area (Å²) in [5, 5.41) is 2.74. The van der Waals surface area contributed by atoms with Crippen LogP contribution in [-0.2, 0) is 13.9 Å². The Balaban J connectivity index is 2.20. The predicted octanol–water partition coefficient (Wildman–Crippen LogP) is 2.40. The van der Waals surface area contributed by atoms with E-state index in [9.17, 15) is 4.79 Å². The van der Waals surface area contributed by atoms with Gasteiger partial charge in [0.2, 0.25) is 0 Å². The first-order chi connectivity index (χ1) is 8.66. The number of alkyl carbamates (subject to hydrolysis) is 1. The first-order valence-electron chi connectivity index (χ1n) is 6.62. The standard InChI is InChI=1S/C13H23NO4Si/c1-12(2,3)19(4,5)18-10-7-6-8-16-13(10)9-14-11(15)17-13/h6-7,10H,8-9H2,1-5H3,(H,14,15)/t10-,13-/m0/s1. The molecule has 0 unspecified atom stereocenters. The second kappa shape index (κ2) is 4.61. The van der Waals surface area contributed by atoms with Crippen molar-refractivity contribution in [1.82, 2.24) is 5.32 Å². The van der Waals surface area contributed by atoms with Crippen molar-refractivity contribution in [2.45, 2.75) is 50.8 Å². The Morgan fingerprint density at radius 3 is 2.68 bits per heavy atom. The van der Waals surface area contributed by atoms with E-state index in [0.29, 0.717) is 13.2 Å². The number of rotatable bonds is 2. The summed E-state index contributed by atoms with van der Waals surface area (Å²) in [7, 11) is -1.96. The average Bonchev–Trinajstić information content (AvgIpc) is 2.63. The van der Waals surface area contributed by atoms with E-state index in [0.717, 1.165) is 0 Å². The van der Waals surface area contributed by atoms with E-state index in [1.54, 1.807) is 0 Å². The molecule has 0 radical (unpaired) electrons. The fourth-order valence-corrected chi connectivity index (χ4v) is 3.13. The molecule has 6 heteroatoms. The van der Waals surface area contributed by atoms with Gasteiger partial charge in [-0.3, -0.25) is 0 Å². The summed E-state index contributed by atoms with van der Waals surface area (Å²) in [6, 6.07) is 0. The van der Waals surface area contributed by atoms with E-state index in [4.69, 9.17) is 13.9 Å². The molecule has 0 aromatic rings. The molecular weight excluding hydrogens is 262 g/mol. The van der Waals surface area contributed by atoms with Gasteiger partial charge in [0.15, 0.2) is 8.32 Å². The molecule has 19 heavy (non-hydrogen) atoms. The van der Waals surface area contributed by atoms with Crippen LogP contribution < -0.4 is 5.32 Å². The monoisotopic (exact) mass is 285 g/mol. The maximum atomic E-state index is 11.3. The zero-order valence-corrected chi connectivity index (χ0v) is 13.3.